The van der Waals surface area contributed by atoms with Gasteiger partial charge in [0.25, 0.3) is 0 Å². The number of hydrogen-bond acceptors (Lipinski definition) is 14. The van der Waals surface area contributed by atoms with Crippen LogP contribution in [0.3, 0.4) is 0 Å². The molecule has 14 nitrogen and oxygen atoms in total. The van der Waals surface area contributed by atoms with Crippen LogP contribution in [-0.4, -0.2) is 112 Å². The molecule has 6 aliphatic heterocycles. The molecule has 4 fully saturated rings. The van der Waals surface area contributed by atoms with Crippen LogP contribution >= 0.6 is 23.5 Å². The third kappa shape index (κ3) is 11.8. The number of pyridine rings is 2. The Morgan fingerprint density at radius 2 is 1.01 bits per heavy atom. The van der Waals surface area contributed by atoms with Crippen molar-refractivity contribution in [1.82, 2.24) is 20.2 Å². The van der Waals surface area contributed by atoms with E-state index in [4.69, 9.17) is 18.9 Å². The van der Waals surface area contributed by atoms with Gasteiger partial charge in [0, 0.05) is 104 Å². The lowest BCUT2D eigenvalue weighted by atomic mass is 10.0. The first-order chi connectivity index (χ1) is 37.4. The highest BCUT2D eigenvalue weighted by molar-refractivity contribution is 8.00. The number of likely N-dealkylation sites (tertiary alicyclic amines) is 1. The van der Waals surface area contributed by atoms with Gasteiger partial charge in [0.2, 0.25) is 11.1 Å². The standard InChI is InChI=1S/C34H36N4O3S.C26H28N4O3S/c39-33-23-27(38-17-19-40-20-18-38)22-29(36-33)28-7-4-8-31-34(28)41-30-10-9-26(21-32(30)42-31)35-25-12-15-37(16-13-25)14-11-24-5-2-1-3-6-24;31-25-16-19(30-10-12-32-13-11-30)15-21(29-25)20-2-1-3-23-26(20)33-22-5-4-18(14-24(22)34-23)28-17-6-8-27-9-7-17/h1-10,21-23,25,35H,11-20H2,(H,36,39);1-5,14-17,27-28H,6-13H2,(H,29,31). The zero-order valence-corrected chi connectivity index (χ0v) is 44.2. The topological polar surface area (TPSA) is 148 Å². The number of aromatic amines is 2. The van der Waals surface area contributed by atoms with Crippen molar-refractivity contribution in [1.29, 1.82) is 0 Å². The smallest absolute Gasteiger partial charge is 0.250 e. The second kappa shape index (κ2) is 23.3. The summed E-state index contributed by atoms with van der Waals surface area (Å²) < 4.78 is 23.9. The number of ether oxygens (including phenoxy) is 4. The van der Waals surface area contributed by atoms with Crippen molar-refractivity contribution in [3.05, 3.63) is 154 Å². The van der Waals surface area contributed by atoms with Gasteiger partial charge in [-0.3, -0.25) is 9.59 Å². The summed E-state index contributed by atoms with van der Waals surface area (Å²) in [6.45, 7) is 11.3. The van der Waals surface area contributed by atoms with Crippen molar-refractivity contribution in [2.45, 2.75) is 63.8 Å². The van der Waals surface area contributed by atoms with Crippen molar-refractivity contribution in [2.75, 3.05) is 106 Å². The zero-order valence-electron chi connectivity index (χ0n) is 42.6. The Bertz CT molecular complexity index is 3270. The quantitative estimate of drug-likeness (QED) is 0.0837. The van der Waals surface area contributed by atoms with Crippen LogP contribution < -0.4 is 46.3 Å². The number of nitrogens with zero attached hydrogens (tertiary/aromatic N) is 3. The van der Waals surface area contributed by atoms with Crippen molar-refractivity contribution in [3.8, 4) is 45.5 Å². The fourth-order valence-corrected chi connectivity index (χ4v) is 12.9. The molecular formula is C60H64N8O6S2. The Labute approximate surface area is 451 Å². The minimum Gasteiger partial charge on any atom is -0.454 e. The van der Waals surface area contributed by atoms with Gasteiger partial charge in [0.05, 0.1) is 57.4 Å². The van der Waals surface area contributed by atoms with E-state index in [2.05, 4.69) is 113 Å². The van der Waals surface area contributed by atoms with Gasteiger partial charge in [0.15, 0.2) is 11.5 Å². The second-order valence-electron chi connectivity index (χ2n) is 20.1. The number of piperidine rings is 2. The van der Waals surface area contributed by atoms with Crippen LogP contribution in [0.15, 0.2) is 157 Å². The minimum absolute atomic E-state index is 0.117. The number of fused-ring (bicyclic) bond motifs is 4. The van der Waals surface area contributed by atoms with Crippen LogP contribution in [0.25, 0.3) is 22.5 Å². The Balaban J connectivity index is 0.000000157. The third-order valence-corrected chi connectivity index (χ3v) is 17.1. The number of benzene rings is 5. The molecule has 0 unspecified atom stereocenters. The number of anilines is 4. The predicted molar refractivity (Wildman–Crippen MR) is 305 cm³/mol. The fraction of sp³-hybridized carbons (Fsp3) is 0.333. The maximum atomic E-state index is 12.6. The van der Waals surface area contributed by atoms with E-state index in [-0.39, 0.29) is 11.1 Å². The average Bonchev–Trinajstić information content (AvgIpc) is 3.46. The number of aromatic nitrogens is 2. The molecule has 16 heteroatoms. The number of H-pyrrole nitrogens is 2. The maximum Gasteiger partial charge on any atom is 0.250 e. The summed E-state index contributed by atoms with van der Waals surface area (Å²) in [4.78, 5) is 42.5. The molecule has 5 N–H and O–H groups in total. The molecule has 0 aliphatic carbocycles. The van der Waals surface area contributed by atoms with E-state index in [9.17, 15) is 9.59 Å². The van der Waals surface area contributed by atoms with Crippen LogP contribution in [0, 0.1) is 0 Å². The Morgan fingerprint density at radius 1 is 0.513 bits per heavy atom. The summed E-state index contributed by atoms with van der Waals surface area (Å²) >= 11 is 3.42. The molecule has 2 aromatic heterocycles. The molecule has 6 aliphatic rings. The zero-order chi connectivity index (χ0) is 51.2. The Hall–Kier alpha value is -6.66. The lowest BCUT2D eigenvalue weighted by Gasteiger charge is -2.33. The van der Waals surface area contributed by atoms with Crippen molar-refractivity contribution >= 4 is 46.3 Å². The van der Waals surface area contributed by atoms with Crippen molar-refractivity contribution in [2.24, 2.45) is 0 Å². The first-order valence-corrected chi connectivity index (χ1v) is 28.4. The summed E-state index contributed by atoms with van der Waals surface area (Å²) in [5.41, 5.74) is 8.57. The van der Waals surface area contributed by atoms with Gasteiger partial charge in [-0.25, -0.2) is 0 Å². The molecule has 76 heavy (non-hydrogen) atoms. The molecule has 0 amide bonds. The molecule has 392 valence electrons. The molecule has 13 rings (SSSR count). The van der Waals surface area contributed by atoms with Gasteiger partial charge in [0.1, 0.15) is 11.5 Å². The first-order valence-electron chi connectivity index (χ1n) is 26.8. The summed E-state index contributed by atoms with van der Waals surface area (Å²) in [6.07, 6.45) is 5.66. The number of morpholine rings is 2. The van der Waals surface area contributed by atoms with Crippen LogP contribution in [0.1, 0.15) is 31.2 Å². The van der Waals surface area contributed by atoms with E-state index in [0.29, 0.717) is 38.5 Å². The Kier molecular flexibility index (Phi) is 15.4. The van der Waals surface area contributed by atoms with E-state index < -0.39 is 0 Å². The molecule has 8 heterocycles. The monoisotopic (exact) mass is 1060 g/mol. The van der Waals surface area contributed by atoms with Gasteiger partial charge < -0.3 is 59.6 Å². The predicted octanol–water partition coefficient (Wildman–Crippen LogP) is 10.6. The third-order valence-electron chi connectivity index (χ3n) is 14.9. The Morgan fingerprint density at radius 3 is 1.53 bits per heavy atom. The second-order valence-corrected chi connectivity index (χ2v) is 22.3. The van der Waals surface area contributed by atoms with Gasteiger partial charge >= 0.3 is 0 Å². The normalized spacial score (nSPS) is 17.6. The van der Waals surface area contributed by atoms with E-state index in [1.54, 1.807) is 35.7 Å². The fourth-order valence-electron chi connectivity index (χ4n) is 10.8. The van der Waals surface area contributed by atoms with Crippen molar-refractivity contribution in [3.63, 3.8) is 0 Å². The van der Waals surface area contributed by atoms with E-state index in [1.807, 2.05) is 42.5 Å². The maximum absolute atomic E-state index is 12.6. The molecule has 0 spiro atoms. The summed E-state index contributed by atoms with van der Waals surface area (Å²) in [7, 11) is 0. The highest BCUT2D eigenvalue weighted by Crippen LogP contribution is 2.53. The molecule has 5 aromatic carbocycles. The van der Waals surface area contributed by atoms with Gasteiger partial charge in [-0.2, -0.15) is 0 Å². The highest BCUT2D eigenvalue weighted by Gasteiger charge is 2.27. The molecule has 4 saturated heterocycles. The number of hydrogen-bond donors (Lipinski definition) is 5. The lowest BCUT2D eigenvalue weighted by Crippen LogP contribution is -2.40. The largest absolute Gasteiger partial charge is 0.454 e. The van der Waals surface area contributed by atoms with Crippen LogP contribution in [0.2, 0.25) is 0 Å². The van der Waals surface area contributed by atoms with Gasteiger partial charge in [-0.15, -0.1) is 0 Å². The van der Waals surface area contributed by atoms with Crippen molar-refractivity contribution < 1.29 is 18.9 Å². The highest BCUT2D eigenvalue weighted by atomic mass is 32.2. The van der Waals surface area contributed by atoms with Crippen LogP contribution in [0.4, 0.5) is 22.7 Å². The minimum atomic E-state index is -0.117. The van der Waals surface area contributed by atoms with Crippen LogP contribution in [0.5, 0.6) is 23.0 Å². The molecule has 0 radical (unpaired) electrons. The number of rotatable bonds is 11. The SMILES string of the molecule is O=c1cc(N2CCOCC2)cc(-c2cccc3c2Oc2ccc(NC4CCN(CCc5ccccc5)CC4)cc2S3)[nH]1.O=c1cc(N2CCOCC2)cc(-c2cccc3c2Oc2ccc(NC4CCNCC4)cc2S3)[nH]1. The van der Waals surface area contributed by atoms with Crippen LogP contribution in [-0.2, 0) is 15.9 Å². The lowest BCUT2D eigenvalue weighted by molar-refractivity contribution is 0.122. The number of para-hydroxylation sites is 2. The number of nitrogens with one attached hydrogen (secondary N) is 5. The molecule has 7 aromatic rings. The molecule has 0 saturated carbocycles. The van der Waals surface area contributed by atoms with E-state index >= 15 is 0 Å². The first kappa shape index (κ1) is 50.2. The van der Waals surface area contributed by atoms with Gasteiger partial charge in [-0.1, -0.05) is 66.0 Å². The summed E-state index contributed by atoms with van der Waals surface area (Å²) in [5, 5.41) is 10.9. The van der Waals surface area contributed by atoms with E-state index in [0.717, 1.165) is 179 Å². The summed E-state index contributed by atoms with van der Waals surface area (Å²) in [6, 6.07) is 44.1. The van der Waals surface area contributed by atoms with E-state index in [1.165, 1.54) is 5.56 Å². The molecule has 0 atom stereocenters. The van der Waals surface area contributed by atoms with Gasteiger partial charge in [-0.05, 0) is 124 Å². The molecular weight excluding hydrogens is 993 g/mol. The molecule has 0 bridgehead atoms. The average molecular weight is 1060 g/mol. The summed E-state index contributed by atoms with van der Waals surface area (Å²) in [5.74, 6) is 3.25.